The third-order valence-corrected chi connectivity index (χ3v) is 13.9. The number of rotatable bonds is 7. The van der Waals surface area contributed by atoms with Crippen LogP contribution >= 0.6 is 0 Å². The normalized spacial score (nSPS) is 11.8. The van der Waals surface area contributed by atoms with E-state index in [1.165, 1.54) is 60.1 Å². The van der Waals surface area contributed by atoms with Gasteiger partial charge in [-0.3, -0.25) is 0 Å². The van der Waals surface area contributed by atoms with E-state index in [0.29, 0.717) is 0 Å². The largest absolute Gasteiger partial charge is 0.454 e. The molecule has 0 aliphatic heterocycles. The number of para-hydroxylation sites is 6. The Morgan fingerprint density at radius 2 is 0.809 bits per heavy atom. The van der Waals surface area contributed by atoms with E-state index in [0.717, 1.165) is 66.9 Å². The molecule has 11 aromatic carbocycles. The van der Waals surface area contributed by atoms with Crippen LogP contribution in [-0.2, 0) is 0 Å². The van der Waals surface area contributed by atoms with E-state index < -0.39 is 0 Å². The fourth-order valence-corrected chi connectivity index (χ4v) is 10.7. The molecule has 3 heterocycles. The van der Waals surface area contributed by atoms with E-state index in [2.05, 4.69) is 257 Å². The highest BCUT2D eigenvalue weighted by atomic mass is 16.3. The molecule has 0 spiro atoms. The topological polar surface area (TPSA) is 26.2 Å². The Labute approximate surface area is 392 Å². The molecule has 0 saturated carbocycles. The van der Waals surface area contributed by atoms with Crippen molar-refractivity contribution in [2.24, 2.45) is 0 Å². The second-order valence-corrected chi connectivity index (χ2v) is 17.7. The van der Waals surface area contributed by atoms with Gasteiger partial charge in [-0.2, -0.15) is 0 Å². The zero-order valence-electron chi connectivity index (χ0n) is 36.9. The van der Waals surface area contributed by atoms with E-state index in [9.17, 15) is 0 Å². The molecule has 14 rings (SSSR count). The van der Waals surface area contributed by atoms with Gasteiger partial charge in [0.05, 0.1) is 27.8 Å². The first-order valence-electron chi connectivity index (χ1n) is 23.2. The molecule has 0 bridgehead atoms. The zero-order valence-corrected chi connectivity index (χ0v) is 36.9. The van der Waals surface area contributed by atoms with Crippen LogP contribution in [0.25, 0.3) is 110 Å². The second kappa shape index (κ2) is 15.2. The predicted molar refractivity (Wildman–Crippen MR) is 285 cm³/mol. The quantitative estimate of drug-likeness (QED) is 0.160. The number of fused-ring (bicyclic) bond motifs is 10. The smallest absolute Gasteiger partial charge is 0.159 e. The van der Waals surface area contributed by atoms with Gasteiger partial charge in [-0.25, -0.2) is 0 Å². The summed E-state index contributed by atoms with van der Waals surface area (Å²) in [5, 5.41) is 9.53. The number of furan rings is 1. The van der Waals surface area contributed by atoms with Crippen molar-refractivity contribution in [2.75, 3.05) is 4.90 Å². The molecule has 0 aliphatic rings. The zero-order chi connectivity index (χ0) is 44.7. The average Bonchev–Trinajstić information content (AvgIpc) is 4.07. The molecule has 14 aromatic rings. The van der Waals surface area contributed by atoms with Crippen LogP contribution in [0.1, 0.15) is 0 Å². The number of hydrogen-bond donors (Lipinski definition) is 0. The number of benzene rings is 11. The lowest BCUT2D eigenvalue weighted by atomic mass is 9.99. The summed E-state index contributed by atoms with van der Waals surface area (Å²) in [6.07, 6.45) is 0. The maximum absolute atomic E-state index is 6.70. The van der Waals surface area contributed by atoms with Crippen molar-refractivity contribution in [3.63, 3.8) is 0 Å². The summed E-state index contributed by atoms with van der Waals surface area (Å²) < 4.78 is 11.5. The molecule has 0 aliphatic carbocycles. The van der Waals surface area contributed by atoms with Gasteiger partial charge >= 0.3 is 0 Å². The number of anilines is 3. The van der Waals surface area contributed by atoms with Crippen molar-refractivity contribution < 1.29 is 4.42 Å². The van der Waals surface area contributed by atoms with Crippen LogP contribution in [0.15, 0.2) is 253 Å². The van der Waals surface area contributed by atoms with Crippen LogP contribution in [0.2, 0.25) is 0 Å². The summed E-state index contributed by atoms with van der Waals surface area (Å²) in [4.78, 5) is 2.34. The maximum atomic E-state index is 6.70. The average molecular weight is 868 g/mol. The molecular weight excluding hydrogens is 827 g/mol. The van der Waals surface area contributed by atoms with E-state index in [-0.39, 0.29) is 0 Å². The Hall–Kier alpha value is -9.12. The van der Waals surface area contributed by atoms with Gasteiger partial charge in [0, 0.05) is 55.1 Å². The van der Waals surface area contributed by atoms with Gasteiger partial charge in [0.1, 0.15) is 5.58 Å². The minimum atomic E-state index is 0.858. The Morgan fingerprint density at radius 3 is 1.57 bits per heavy atom. The summed E-state index contributed by atoms with van der Waals surface area (Å²) in [5.41, 5.74) is 16.6. The summed E-state index contributed by atoms with van der Waals surface area (Å²) >= 11 is 0. The van der Waals surface area contributed by atoms with Crippen LogP contribution in [-0.4, -0.2) is 9.13 Å². The fraction of sp³-hybridized carbons (Fsp3) is 0. The van der Waals surface area contributed by atoms with Crippen molar-refractivity contribution in [1.29, 1.82) is 0 Å². The molecule has 318 valence electrons. The molecule has 0 atom stereocenters. The highest BCUT2D eigenvalue weighted by Crippen LogP contribution is 2.44. The van der Waals surface area contributed by atoms with Gasteiger partial charge in [0.15, 0.2) is 5.58 Å². The van der Waals surface area contributed by atoms with Crippen LogP contribution in [0.5, 0.6) is 0 Å². The molecule has 0 fully saturated rings. The summed E-state index contributed by atoms with van der Waals surface area (Å²) in [5.74, 6) is 0. The third-order valence-electron chi connectivity index (χ3n) is 13.9. The number of aromatic nitrogens is 2. The summed E-state index contributed by atoms with van der Waals surface area (Å²) in [7, 11) is 0. The van der Waals surface area contributed by atoms with Gasteiger partial charge in [0.2, 0.25) is 0 Å². The molecule has 0 unspecified atom stereocenters. The lowest BCUT2D eigenvalue weighted by Crippen LogP contribution is -2.10. The first-order valence-corrected chi connectivity index (χ1v) is 23.2. The van der Waals surface area contributed by atoms with E-state index >= 15 is 0 Å². The van der Waals surface area contributed by atoms with Gasteiger partial charge in [-0.05, 0) is 130 Å². The van der Waals surface area contributed by atoms with Crippen molar-refractivity contribution in [3.05, 3.63) is 249 Å². The van der Waals surface area contributed by atoms with Crippen molar-refractivity contribution >= 4 is 93.4 Å². The van der Waals surface area contributed by atoms with Crippen LogP contribution in [0, 0.1) is 0 Å². The third kappa shape index (κ3) is 6.01. The van der Waals surface area contributed by atoms with E-state index in [4.69, 9.17) is 4.42 Å². The number of hydrogen-bond acceptors (Lipinski definition) is 2. The minimum absolute atomic E-state index is 0.858. The summed E-state index contributed by atoms with van der Waals surface area (Å²) in [6, 6.07) is 89.9. The predicted octanol–water partition coefficient (Wildman–Crippen LogP) is 17.7. The van der Waals surface area contributed by atoms with Crippen molar-refractivity contribution in [1.82, 2.24) is 9.13 Å². The maximum Gasteiger partial charge on any atom is 0.159 e. The first kappa shape index (κ1) is 38.2. The standard InChI is InChI=1S/C64H41N3O/c1-3-14-48(15-4-1)66-59-23-11-8-19-53(59)57-40-46(32-37-60(57)66)43-26-27-45-39-51(35-30-44(45)38-43)65(61-24-13-21-56-55-20-9-12-25-63(55)68-64(56)61)50-33-28-42(29-34-50)47-31-36-54-52-18-7-10-22-58(52)67(62(54)41-47)49-16-5-2-6-17-49/h1-41H. The Kier molecular flexibility index (Phi) is 8.55. The van der Waals surface area contributed by atoms with Crippen LogP contribution in [0.4, 0.5) is 17.1 Å². The van der Waals surface area contributed by atoms with Gasteiger partial charge in [-0.15, -0.1) is 0 Å². The van der Waals surface area contributed by atoms with Crippen LogP contribution < -0.4 is 4.90 Å². The SMILES string of the molecule is c1ccc(-n2c3ccccc3c3cc(-c4ccc5cc(N(c6ccc(-c7ccc8c9ccccc9n(-c9ccccc9)c8c7)cc6)c6cccc7c6oc6ccccc67)ccc5c4)ccc32)cc1. The molecule has 0 N–H and O–H groups in total. The van der Waals surface area contributed by atoms with Gasteiger partial charge in [0.25, 0.3) is 0 Å². The van der Waals surface area contributed by atoms with E-state index in [1.807, 2.05) is 6.07 Å². The molecule has 0 saturated heterocycles. The molecule has 0 radical (unpaired) electrons. The Bertz CT molecular complexity index is 4250. The van der Waals surface area contributed by atoms with Gasteiger partial charge < -0.3 is 18.5 Å². The molecular formula is C64H41N3O. The lowest BCUT2D eigenvalue weighted by molar-refractivity contribution is 0.669. The molecule has 0 amide bonds. The first-order chi connectivity index (χ1) is 33.7. The van der Waals surface area contributed by atoms with Gasteiger partial charge in [-0.1, -0.05) is 152 Å². The highest BCUT2D eigenvalue weighted by Gasteiger charge is 2.21. The molecule has 4 heteroatoms. The van der Waals surface area contributed by atoms with Crippen LogP contribution in [0.3, 0.4) is 0 Å². The molecule has 68 heavy (non-hydrogen) atoms. The van der Waals surface area contributed by atoms with Crippen molar-refractivity contribution in [2.45, 2.75) is 0 Å². The number of nitrogens with zero attached hydrogens (tertiary/aromatic N) is 3. The van der Waals surface area contributed by atoms with E-state index in [1.54, 1.807) is 0 Å². The summed E-state index contributed by atoms with van der Waals surface area (Å²) in [6.45, 7) is 0. The second-order valence-electron chi connectivity index (χ2n) is 17.7. The Morgan fingerprint density at radius 1 is 0.294 bits per heavy atom. The molecule has 4 nitrogen and oxygen atoms in total. The lowest BCUT2D eigenvalue weighted by Gasteiger charge is -2.26. The minimum Gasteiger partial charge on any atom is -0.454 e. The van der Waals surface area contributed by atoms with Crippen molar-refractivity contribution in [3.8, 4) is 33.6 Å². The molecule has 3 aromatic heterocycles. The monoisotopic (exact) mass is 867 g/mol. The Balaban J connectivity index is 0.874. The highest BCUT2D eigenvalue weighted by molar-refractivity contribution is 6.13. The fourth-order valence-electron chi connectivity index (χ4n) is 10.7.